The van der Waals surface area contributed by atoms with Crippen LogP contribution in [0.15, 0.2) is 50.6 Å². The molecule has 0 radical (unpaired) electrons. The summed E-state index contributed by atoms with van der Waals surface area (Å²) in [6.07, 6.45) is 12.1. The van der Waals surface area contributed by atoms with Crippen molar-refractivity contribution in [1.82, 2.24) is 4.86 Å². The predicted octanol–water partition coefficient (Wildman–Crippen LogP) is 4.11. The molecule has 0 bridgehead atoms. The minimum atomic E-state index is -0.176. The smallest absolute Gasteiger partial charge is 0.00110 e. The van der Waals surface area contributed by atoms with Crippen molar-refractivity contribution < 1.29 is 0 Å². The van der Waals surface area contributed by atoms with Gasteiger partial charge in [-0.2, -0.15) is 0 Å². The van der Waals surface area contributed by atoms with E-state index < -0.39 is 0 Å². The minimum absolute atomic E-state index is 0.176. The number of hydrogen-bond donors (Lipinski definition) is 1. The second-order valence-corrected chi connectivity index (χ2v) is 7.48. The fourth-order valence-corrected chi connectivity index (χ4v) is 5.59. The van der Waals surface area contributed by atoms with Crippen LogP contribution < -0.4 is 4.86 Å². The monoisotopic (exact) mass is 241 g/mol. The highest BCUT2D eigenvalue weighted by Crippen LogP contribution is 2.44. The average molecular weight is 241 g/mol. The summed E-state index contributed by atoms with van der Waals surface area (Å²) in [6.45, 7) is 15.2. The molecule has 0 heterocycles. The molecule has 0 aliphatic heterocycles. The average Bonchev–Trinajstić information content (AvgIpc) is 2.19. The highest BCUT2D eigenvalue weighted by molar-refractivity contribution is 7.71. The molecule has 1 N–H and O–H groups in total. The molecule has 0 fully saturated rings. The topological polar surface area (TPSA) is 12.0 Å². The zero-order valence-electron chi connectivity index (χ0n) is 9.36. The van der Waals surface area contributed by atoms with E-state index in [0.29, 0.717) is 0 Å². The molecule has 0 aromatic heterocycles. The lowest BCUT2D eigenvalue weighted by atomic mass is 10.8. The molecule has 0 aliphatic carbocycles. The third-order valence-corrected chi connectivity index (χ3v) is 6.74. The maximum absolute atomic E-state index is 3.79. The van der Waals surface area contributed by atoms with E-state index in [1.807, 2.05) is 24.3 Å². The molecule has 3 heteroatoms. The second kappa shape index (κ2) is 10.3. The highest BCUT2D eigenvalue weighted by Gasteiger charge is 2.10. The molecule has 0 amide bonds. The van der Waals surface area contributed by atoms with Crippen molar-refractivity contribution in [3.63, 3.8) is 0 Å². The summed E-state index contributed by atoms with van der Waals surface area (Å²) in [4.78, 5) is 3.70. The Kier molecular flexibility index (Phi) is 10.2. The molecule has 0 aromatic rings. The number of nitrogens with one attached hydrogen (secondary N) is 1. The van der Waals surface area contributed by atoms with E-state index in [2.05, 4.69) is 31.2 Å². The molecular weight excluding hydrogens is 220 g/mol. The maximum atomic E-state index is 3.79. The summed E-state index contributed by atoms with van der Waals surface area (Å²) in [5.74, 6) is 0. The van der Waals surface area contributed by atoms with Crippen LogP contribution >= 0.6 is 16.1 Å². The Morgan fingerprint density at radius 3 is 1.13 bits per heavy atom. The van der Waals surface area contributed by atoms with Crippen LogP contribution in [0.5, 0.6) is 0 Å². The summed E-state index contributed by atoms with van der Waals surface area (Å²) < 4.78 is 0. The fourth-order valence-electron chi connectivity index (χ4n) is 1.14. The standard InChI is InChI=1S/C12H21NP2/c1-5-9-14(10-6-2)13-15(11-7-3)12-8-4/h5-8,13H,1-4,9-12H2. The van der Waals surface area contributed by atoms with Crippen molar-refractivity contribution in [2.45, 2.75) is 0 Å². The molecule has 15 heavy (non-hydrogen) atoms. The zero-order valence-corrected chi connectivity index (χ0v) is 11.1. The number of hydrogen-bond acceptors (Lipinski definition) is 1. The van der Waals surface area contributed by atoms with Gasteiger partial charge < -0.3 is 0 Å². The summed E-state index contributed by atoms with van der Waals surface area (Å²) in [5.41, 5.74) is 0. The Labute approximate surface area is 96.7 Å². The van der Waals surface area contributed by atoms with Crippen LogP contribution in [-0.2, 0) is 0 Å². The van der Waals surface area contributed by atoms with Crippen molar-refractivity contribution in [3.05, 3.63) is 50.6 Å². The van der Waals surface area contributed by atoms with Crippen LogP contribution in [0.3, 0.4) is 0 Å². The van der Waals surface area contributed by atoms with Crippen LogP contribution in [0.2, 0.25) is 0 Å². The first-order valence-corrected chi connectivity index (χ1v) is 8.40. The van der Waals surface area contributed by atoms with Crippen molar-refractivity contribution >= 4 is 16.1 Å². The Hall–Kier alpha value is -0.220. The Morgan fingerprint density at radius 1 is 0.667 bits per heavy atom. The van der Waals surface area contributed by atoms with Gasteiger partial charge in [-0.05, 0) is 40.8 Å². The second-order valence-electron chi connectivity index (χ2n) is 3.06. The van der Waals surface area contributed by atoms with Crippen molar-refractivity contribution in [3.8, 4) is 0 Å². The quantitative estimate of drug-likeness (QED) is 0.448. The van der Waals surface area contributed by atoms with Gasteiger partial charge in [-0.25, -0.2) is 0 Å². The first kappa shape index (κ1) is 14.8. The van der Waals surface area contributed by atoms with Crippen LogP contribution in [0.1, 0.15) is 0 Å². The first-order valence-electron chi connectivity index (χ1n) is 4.98. The Balaban J connectivity index is 4.15. The predicted molar refractivity (Wildman–Crippen MR) is 77.2 cm³/mol. The fraction of sp³-hybridized carbons (Fsp3) is 0.333. The summed E-state index contributed by atoms with van der Waals surface area (Å²) in [6, 6.07) is 0. The van der Waals surface area contributed by atoms with Gasteiger partial charge in [-0.3, -0.25) is 4.86 Å². The summed E-state index contributed by atoms with van der Waals surface area (Å²) in [7, 11) is -0.352. The van der Waals surface area contributed by atoms with E-state index in [-0.39, 0.29) is 16.1 Å². The van der Waals surface area contributed by atoms with Crippen molar-refractivity contribution in [2.24, 2.45) is 0 Å². The Bertz CT molecular complexity index is 172. The van der Waals surface area contributed by atoms with Gasteiger partial charge in [0, 0.05) is 0 Å². The highest BCUT2D eigenvalue weighted by atomic mass is 31.2. The normalized spacial score (nSPS) is 10.3. The maximum Gasteiger partial charge on any atom is -0.00110 e. The molecule has 0 aromatic carbocycles. The molecule has 0 spiro atoms. The van der Waals surface area contributed by atoms with Gasteiger partial charge in [0.15, 0.2) is 0 Å². The third kappa shape index (κ3) is 7.68. The van der Waals surface area contributed by atoms with Crippen LogP contribution in [0, 0.1) is 0 Å². The van der Waals surface area contributed by atoms with Crippen LogP contribution in [-0.4, -0.2) is 24.6 Å². The van der Waals surface area contributed by atoms with Crippen molar-refractivity contribution in [1.29, 1.82) is 0 Å². The zero-order chi connectivity index (χ0) is 11.5. The molecule has 0 saturated heterocycles. The molecule has 0 rings (SSSR count). The van der Waals surface area contributed by atoms with E-state index in [1.54, 1.807) is 0 Å². The summed E-state index contributed by atoms with van der Waals surface area (Å²) >= 11 is 0. The largest absolute Gasteiger partial charge is 0.272 e. The number of rotatable bonds is 10. The number of allylic oxidation sites excluding steroid dienone is 4. The van der Waals surface area contributed by atoms with Crippen LogP contribution in [0.25, 0.3) is 0 Å². The summed E-state index contributed by atoms with van der Waals surface area (Å²) in [5, 5.41) is 0. The van der Waals surface area contributed by atoms with Gasteiger partial charge in [0.25, 0.3) is 0 Å². The Morgan fingerprint density at radius 2 is 0.933 bits per heavy atom. The first-order chi connectivity index (χ1) is 7.28. The van der Waals surface area contributed by atoms with E-state index in [1.165, 1.54) is 0 Å². The van der Waals surface area contributed by atoms with Gasteiger partial charge in [-0.1, -0.05) is 24.3 Å². The molecule has 0 aliphatic rings. The minimum Gasteiger partial charge on any atom is -0.272 e. The van der Waals surface area contributed by atoms with Crippen LogP contribution in [0.4, 0.5) is 0 Å². The van der Waals surface area contributed by atoms with E-state index in [9.17, 15) is 0 Å². The lowest BCUT2D eigenvalue weighted by Crippen LogP contribution is -2.07. The van der Waals surface area contributed by atoms with E-state index in [0.717, 1.165) is 24.6 Å². The van der Waals surface area contributed by atoms with Gasteiger partial charge in [0.1, 0.15) is 0 Å². The molecular formula is C12H21NP2. The molecule has 0 unspecified atom stereocenters. The molecule has 0 saturated carbocycles. The van der Waals surface area contributed by atoms with Gasteiger partial charge >= 0.3 is 0 Å². The lowest BCUT2D eigenvalue weighted by molar-refractivity contribution is 1.46. The van der Waals surface area contributed by atoms with E-state index in [4.69, 9.17) is 0 Å². The SMILES string of the molecule is C=CCP(CC=C)NP(CC=C)CC=C. The van der Waals surface area contributed by atoms with Gasteiger partial charge in [0.05, 0.1) is 0 Å². The molecule has 84 valence electrons. The van der Waals surface area contributed by atoms with Gasteiger partial charge in [-0.15, -0.1) is 26.3 Å². The van der Waals surface area contributed by atoms with Crippen molar-refractivity contribution in [2.75, 3.05) is 24.6 Å². The third-order valence-electron chi connectivity index (χ3n) is 1.68. The lowest BCUT2D eigenvalue weighted by Gasteiger charge is -2.23. The van der Waals surface area contributed by atoms with Gasteiger partial charge in [0.2, 0.25) is 0 Å². The molecule has 0 atom stereocenters. The molecule has 1 nitrogen and oxygen atoms in total. The van der Waals surface area contributed by atoms with E-state index >= 15 is 0 Å².